The van der Waals surface area contributed by atoms with E-state index in [2.05, 4.69) is 10.3 Å². The van der Waals surface area contributed by atoms with Crippen molar-refractivity contribution in [2.45, 2.75) is 26.3 Å². The van der Waals surface area contributed by atoms with Crippen molar-refractivity contribution in [2.75, 3.05) is 19.8 Å². The van der Waals surface area contributed by atoms with Crippen molar-refractivity contribution >= 4 is 11.6 Å². The van der Waals surface area contributed by atoms with Crippen LogP contribution in [0.15, 0.2) is 24.4 Å². The van der Waals surface area contributed by atoms with Gasteiger partial charge in [0.15, 0.2) is 0 Å². The van der Waals surface area contributed by atoms with Crippen molar-refractivity contribution in [3.8, 4) is 0 Å². The lowest BCUT2D eigenvalue weighted by molar-refractivity contribution is 0.0728. The van der Waals surface area contributed by atoms with Gasteiger partial charge in [-0.05, 0) is 25.5 Å². The van der Waals surface area contributed by atoms with Crippen LogP contribution in [-0.4, -0.2) is 46.3 Å². The van der Waals surface area contributed by atoms with Gasteiger partial charge in [0.2, 0.25) is 0 Å². The topological polar surface area (TPSA) is 75.9 Å². The zero-order valence-electron chi connectivity index (χ0n) is 12.4. The van der Waals surface area contributed by atoms with Gasteiger partial charge < -0.3 is 15.2 Å². The number of pyridine rings is 1. The van der Waals surface area contributed by atoms with Crippen LogP contribution in [0, 0.1) is 6.92 Å². The zero-order chi connectivity index (χ0) is 15.2. The van der Waals surface area contributed by atoms with Gasteiger partial charge in [-0.15, -0.1) is 0 Å². The molecule has 0 saturated carbocycles. The van der Waals surface area contributed by atoms with Gasteiger partial charge in [-0.2, -0.15) is 0 Å². The number of hydrogen-bond donors (Lipinski definition) is 2. The highest BCUT2D eigenvalue weighted by Gasteiger charge is 2.19. The summed E-state index contributed by atoms with van der Waals surface area (Å²) in [5.41, 5.74) is 1.87. The number of ether oxygens (including phenoxy) is 1. The van der Waals surface area contributed by atoms with Crippen molar-refractivity contribution in [3.05, 3.63) is 35.8 Å². The molecule has 2 aromatic rings. The minimum atomic E-state index is -0.419. The number of nitrogens with one attached hydrogen (secondary N) is 1. The minimum absolute atomic E-state index is 0.161. The standard InChI is InChI=1S/C15H21N3O3/c1-3-8-21-10-12(9-19)17-15(20)14-11(2)16-13-6-4-5-7-18(13)14/h4-7,12,19H,3,8-10H2,1-2H3,(H,17,20). The number of aryl methyl sites for hydroxylation is 1. The molecule has 2 aromatic heterocycles. The third kappa shape index (κ3) is 3.59. The quantitative estimate of drug-likeness (QED) is 0.751. The molecule has 21 heavy (non-hydrogen) atoms. The van der Waals surface area contributed by atoms with Crippen LogP contribution >= 0.6 is 0 Å². The SMILES string of the molecule is CCCOCC(CO)NC(=O)c1c(C)nc2ccccn12. The molecule has 2 rings (SSSR count). The van der Waals surface area contributed by atoms with Gasteiger partial charge in [0, 0.05) is 12.8 Å². The Hall–Kier alpha value is -1.92. The molecule has 1 unspecified atom stereocenters. The third-order valence-electron chi connectivity index (χ3n) is 3.14. The molecule has 1 atom stereocenters. The summed E-state index contributed by atoms with van der Waals surface area (Å²) in [7, 11) is 0. The van der Waals surface area contributed by atoms with E-state index in [1.807, 2.05) is 25.1 Å². The van der Waals surface area contributed by atoms with Crippen molar-refractivity contribution in [1.29, 1.82) is 0 Å². The summed E-state index contributed by atoms with van der Waals surface area (Å²) < 4.78 is 7.12. The fourth-order valence-corrected chi connectivity index (χ4v) is 2.15. The molecule has 1 amide bonds. The normalized spacial score (nSPS) is 12.5. The smallest absolute Gasteiger partial charge is 0.270 e. The Labute approximate surface area is 123 Å². The van der Waals surface area contributed by atoms with Gasteiger partial charge in [-0.25, -0.2) is 4.98 Å². The highest BCUT2D eigenvalue weighted by atomic mass is 16.5. The van der Waals surface area contributed by atoms with E-state index in [0.717, 1.165) is 12.1 Å². The molecule has 0 aliphatic carbocycles. The fourth-order valence-electron chi connectivity index (χ4n) is 2.15. The maximum absolute atomic E-state index is 12.4. The van der Waals surface area contributed by atoms with Crippen molar-refractivity contribution < 1.29 is 14.6 Å². The van der Waals surface area contributed by atoms with E-state index in [-0.39, 0.29) is 12.5 Å². The molecule has 6 heteroatoms. The first-order chi connectivity index (χ1) is 10.2. The van der Waals surface area contributed by atoms with Crippen LogP contribution in [0.4, 0.5) is 0 Å². The predicted octanol–water partition coefficient (Wildman–Crippen LogP) is 1.16. The molecule has 0 saturated heterocycles. The van der Waals surface area contributed by atoms with E-state index in [1.54, 1.807) is 17.5 Å². The lowest BCUT2D eigenvalue weighted by Gasteiger charge is -2.16. The average molecular weight is 291 g/mol. The Bertz CT molecular complexity index is 609. The summed E-state index contributed by atoms with van der Waals surface area (Å²) in [6.45, 7) is 4.55. The summed E-state index contributed by atoms with van der Waals surface area (Å²) in [6.07, 6.45) is 2.70. The van der Waals surface area contributed by atoms with E-state index in [4.69, 9.17) is 4.74 Å². The number of carbonyl (C=O) groups is 1. The summed E-state index contributed by atoms with van der Waals surface area (Å²) in [4.78, 5) is 16.8. The summed E-state index contributed by atoms with van der Waals surface area (Å²) >= 11 is 0. The molecule has 0 spiro atoms. The Kier molecular flexibility index (Phi) is 5.30. The first-order valence-electron chi connectivity index (χ1n) is 7.10. The lowest BCUT2D eigenvalue weighted by atomic mass is 10.2. The summed E-state index contributed by atoms with van der Waals surface area (Å²) in [6, 6.07) is 5.15. The molecular formula is C15H21N3O3. The second-order valence-corrected chi connectivity index (χ2v) is 4.90. The number of hydrogen-bond acceptors (Lipinski definition) is 4. The van der Waals surface area contributed by atoms with Gasteiger partial charge in [-0.3, -0.25) is 9.20 Å². The monoisotopic (exact) mass is 291 g/mol. The molecule has 114 valence electrons. The lowest BCUT2D eigenvalue weighted by Crippen LogP contribution is -2.41. The van der Waals surface area contributed by atoms with Crippen molar-refractivity contribution in [1.82, 2.24) is 14.7 Å². The zero-order valence-corrected chi connectivity index (χ0v) is 12.4. The average Bonchev–Trinajstić information content (AvgIpc) is 2.82. The molecule has 0 aromatic carbocycles. The van der Waals surface area contributed by atoms with Gasteiger partial charge >= 0.3 is 0 Å². The first-order valence-corrected chi connectivity index (χ1v) is 7.10. The maximum atomic E-state index is 12.4. The summed E-state index contributed by atoms with van der Waals surface area (Å²) in [5.74, 6) is -0.259. The molecular weight excluding hydrogens is 270 g/mol. The van der Waals surface area contributed by atoms with Crippen molar-refractivity contribution in [3.63, 3.8) is 0 Å². The second kappa shape index (κ2) is 7.19. The number of fused-ring (bicyclic) bond motifs is 1. The Balaban J connectivity index is 2.12. The summed E-state index contributed by atoms with van der Waals surface area (Å²) in [5, 5.41) is 12.1. The van der Waals surface area contributed by atoms with Gasteiger partial charge in [0.05, 0.1) is 24.9 Å². The van der Waals surface area contributed by atoms with E-state index >= 15 is 0 Å². The van der Waals surface area contributed by atoms with E-state index in [9.17, 15) is 9.90 Å². The molecule has 0 radical (unpaired) electrons. The predicted molar refractivity (Wildman–Crippen MR) is 79.4 cm³/mol. The van der Waals surface area contributed by atoms with E-state index in [1.165, 1.54) is 0 Å². The largest absolute Gasteiger partial charge is 0.394 e. The Morgan fingerprint density at radius 3 is 3.05 bits per heavy atom. The number of amides is 1. The van der Waals surface area contributed by atoms with Crippen molar-refractivity contribution in [2.24, 2.45) is 0 Å². The second-order valence-electron chi connectivity index (χ2n) is 4.90. The van der Waals surface area contributed by atoms with Crippen LogP contribution in [0.3, 0.4) is 0 Å². The van der Waals surface area contributed by atoms with E-state index < -0.39 is 6.04 Å². The number of carbonyl (C=O) groups excluding carboxylic acids is 1. The van der Waals surface area contributed by atoms with Crippen LogP contribution in [0.1, 0.15) is 29.5 Å². The number of aliphatic hydroxyl groups is 1. The Morgan fingerprint density at radius 2 is 2.33 bits per heavy atom. The number of aliphatic hydroxyl groups excluding tert-OH is 1. The van der Waals surface area contributed by atoms with Gasteiger partial charge in [0.1, 0.15) is 11.3 Å². The van der Waals surface area contributed by atoms with Crippen LogP contribution in [0.25, 0.3) is 5.65 Å². The molecule has 0 aliphatic rings. The van der Waals surface area contributed by atoms with Crippen LogP contribution in [0.5, 0.6) is 0 Å². The molecule has 6 nitrogen and oxygen atoms in total. The molecule has 2 heterocycles. The molecule has 0 bridgehead atoms. The van der Waals surface area contributed by atoms with E-state index in [0.29, 0.717) is 24.6 Å². The van der Waals surface area contributed by atoms with Gasteiger partial charge in [-0.1, -0.05) is 13.0 Å². The van der Waals surface area contributed by atoms with Crippen LogP contribution in [0.2, 0.25) is 0 Å². The van der Waals surface area contributed by atoms with Crippen LogP contribution in [-0.2, 0) is 4.74 Å². The van der Waals surface area contributed by atoms with Gasteiger partial charge in [0.25, 0.3) is 5.91 Å². The number of aromatic nitrogens is 2. The van der Waals surface area contributed by atoms with Crippen LogP contribution < -0.4 is 5.32 Å². The molecule has 2 N–H and O–H groups in total. The first kappa shape index (κ1) is 15.5. The fraction of sp³-hybridized carbons (Fsp3) is 0.467. The molecule has 0 fully saturated rings. The number of nitrogens with zero attached hydrogens (tertiary/aromatic N) is 2. The highest BCUT2D eigenvalue weighted by molar-refractivity contribution is 5.94. The minimum Gasteiger partial charge on any atom is -0.394 e. The number of rotatable bonds is 7. The maximum Gasteiger partial charge on any atom is 0.270 e. The highest BCUT2D eigenvalue weighted by Crippen LogP contribution is 2.11. The third-order valence-corrected chi connectivity index (χ3v) is 3.14. The molecule has 0 aliphatic heterocycles. The Morgan fingerprint density at radius 1 is 1.52 bits per heavy atom. The number of imidazole rings is 1.